The molecule has 0 aliphatic carbocycles. The second-order valence-corrected chi connectivity index (χ2v) is 3.82. The summed E-state index contributed by atoms with van der Waals surface area (Å²) >= 11 is 5.81. The van der Waals surface area contributed by atoms with E-state index in [9.17, 15) is 5.21 Å². The van der Waals surface area contributed by atoms with Crippen LogP contribution in [0.4, 0.5) is 11.4 Å². The number of hydrogen-bond donors (Lipinski definition) is 0. The number of halogens is 1. The van der Waals surface area contributed by atoms with E-state index in [4.69, 9.17) is 11.6 Å². The van der Waals surface area contributed by atoms with E-state index >= 15 is 0 Å². The molecule has 17 heavy (non-hydrogen) atoms. The largest absolute Gasteiger partial charge is 0.749 e. The van der Waals surface area contributed by atoms with Crippen LogP contribution >= 0.6 is 11.6 Å². The second-order valence-electron chi connectivity index (χ2n) is 3.39. The van der Waals surface area contributed by atoms with Crippen LogP contribution in [0.3, 0.4) is 0 Å². The van der Waals surface area contributed by atoms with Crippen molar-refractivity contribution in [2.75, 3.05) is 5.17 Å². The molecule has 0 radical (unpaired) electrons. The highest BCUT2D eigenvalue weighted by molar-refractivity contribution is 6.31. The maximum absolute atomic E-state index is 11.7. The quantitative estimate of drug-likeness (QED) is 0.719. The Labute approximate surface area is 102 Å². The molecule has 0 bridgehead atoms. The monoisotopic (exact) mass is 247 g/mol. The van der Waals surface area contributed by atoms with Gasteiger partial charge in [-0.3, -0.25) is 4.98 Å². The van der Waals surface area contributed by atoms with Gasteiger partial charge in [0.25, 0.3) is 0 Å². The molecular formula is C10H6ClN5O-2. The van der Waals surface area contributed by atoms with Gasteiger partial charge < -0.3 is 25.4 Å². The normalized spacial score (nSPS) is 14.0. The van der Waals surface area contributed by atoms with Gasteiger partial charge in [0, 0.05) is 34.9 Å². The first-order chi connectivity index (χ1) is 8.24. The highest BCUT2D eigenvalue weighted by Crippen LogP contribution is 2.37. The summed E-state index contributed by atoms with van der Waals surface area (Å²) in [6, 6.07) is 4.88. The van der Waals surface area contributed by atoms with Crippen LogP contribution in [0.15, 0.2) is 42.0 Å². The number of aromatic nitrogens is 2. The minimum absolute atomic E-state index is 0.271. The molecule has 7 heteroatoms. The van der Waals surface area contributed by atoms with E-state index in [-0.39, 0.29) is 5.96 Å². The fourth-order valence-corrected chi connectivity index (χ4v) is 1.66. The van der Waals surface area contributed by atoms with Gasteiger partial charge in [0.2, 0.25) is 0 Å². The summed E-state index contributed by atoms with van der Waals surface area (Å²) < 4.78 is 1.56. The Bertz CT molecular complexity index is 580. The molecule has 0 saturated carbocycles. The van der Waals surface area contributed by atoms with Crippen molar-refractivity contribution in [1.29, 1.82) is 0 Å². The fraction of sp³-hybridized carbons (Fsp3) is 0. The third-order valence-electron chi connectivity index (χ3n) is 2.28. The van der Waals surface area contributed by atoms with E-state index in [0.717, 1.165) is 0 Å². The number of nitrogens with zero attached hydrogens (tertiary/aromatic N) is 5. The molecule has 0 atom stereocenters. The van der Waals surface area contributed by atoms with Crippen molar-refractivity contribution in [3.8, 4) is 0 Å². The number of rotatable bonds is 0. The van der Waals surface area contributed by atoms with Crippen LogP contribution in [0.5, 0.6) is 0 Å². The fourth-order valence-electron chi connectivity index (χ4n) is 1.50. The highest BCUT2D eigenvalue weighted by atomic mass is 35.5. The molecule has 6 nitrogen and oxygen atoms in total. The average Bonchev–Trinajstić information content (AvgIpc) is 2.83. The van der Waals surface area contributed by atoms with Crippen molar-refractivity contribution in [3.05, 3.63) is 52.5 Å². The number of anilines is 1. The Hall–Kier alpha value is -2.05. The molecule has 1 aliphatic heterocycles. The molecule has 0 saturated heterocycles. The van der Waals surface area contributed by atoms with Crippen molar-refractivity contribution in [3.63, 3.8) is 0 Å². The predicted molar refractivity (Wildman–Crippen MR) is 65.4 cm³/mol. The van der Waals surface area contributed by atoms with E-state index in [1.807, 2.05) is 0 Å². The number of hydrogen-bond acceptors (Lipinski definition) is 4. The predicted octanol–water partition coefficient (Wildman–Crippen LogP) is 2.68. The van der Waals surface area contributed by atoms with Gasteiger partial charge >= 0.3 is 0 Å². The van der Waals surface area contributed by atoms with Crippen LogP contribution in [0, 0.1) is 5.21 Å². The van der Waals surface area contributed by atoms with Gasteiger partial charge in [-0.1, -0.05) is 11.6 Å². The zero-order chi connectivity index (χ0) is 11.8. The number of fused-ring (bicyclic) bond motifs is 1. The zero-order valence-electron chi connectivity index (χ0n) is 8.49. The van der Waals surface area contributed by atoms with Gasteiger partial charge in [-0.15, -0.1) is 0 Å². The molecule has 1 aromatic heterocycles. The SMILES string of the molecule is [O-]N1N=C(n2ccnc2)[N-]c2ccc(Cl)cc21. The summed E-state index contributed by atoms with van der Waals surface area (Å²) in [5.74, 6) is 0.271. The minimum atomic E-state index is 0.271. The standard InChI is InChI=1S/C10H6ClN5O/c11-7-1-2-8-9(5-7)16(17)14-10(13-8)15-4-3-12-6-15/h1-6H/q-2. The summed E-state index contributed by atoms with van der Waals surface area (Å²) in [4.78, 5) is 3.87. The van der Waals surface area contributed by atoms with Gasteiger partial charge in [0.05, 0.1) is 0 Å². The Morgan fingerprint density at radius 3 is 3.00 bits per heavy atom. The highest BCUT2D eigenvalue weighted by Gasteiger charge is 2.08. The summed E-state index contributed by atoms with van der Waals surface area (Å²) in [6.07, 6.45) is 4.78. The van der Waals surface area contributed by atoms with Crippen LogP contribution in [0.25, 0.3) is 5.32 Å². The first-order valence-corrected chi connectivity index (χ1v) is 5.17. The summed E-state index contributed by atoms with van der Waals surface area (Å²) in [5, 5.41) is 20.7. The molecule has 2 aromatic rings. The lowest BCUT2D eigenvalue weighted by Gasteiger charge is -2.39. The van der Waals surface area contributed by atoms with Crippen LogP contribution in [0.2, 0.25) is 5.02 Å². The van der Waals surface area contributed by atoms with Crippen molar-refractivity contribution < 1.29 is 0 Å². The lowest BCUT2D eigenvalue weighted by atomic mass is 10.2. The average molecular weight is 248 g/mol. The first-order valence-electron chi connectivity index (χ1n) is 4.79. The number of imidazole rings is 1. The molecule has 0 fully saturated rings. The van der Waals surface area contributed by atoms with Gasteiger partial charge in [-0.05, 0) is 24.4 Å². The minimum Gasteiger partial charge on any atom is -0.749 e. The van der Waals surface area contributed by atoms with E-state index in [2.05, 4.69) is 15.4 Å². The van der Waals surface area contributed by atoms with Crippen molar-refractivity contribution in [2.45, 2.75) is 0 Å². The van der Waals surface area contributed by atoms with Gasteiger partial charge in [-0.2, -0.15) is 0 Å². The van der Waals surface area contributed by atoms with E-state index in [1.165, 1.54) is 12.4 Å². The molecule has 1 aromatic carbocycles. The smallest absolute Gasteiger partial charge is 0.0463 e. The molecule has 3 rings (SSSR count). The Kier molecular flexibility index (Phi) is 2.24. The molecular weight excluding hydrogens is 242 g/mol. The molecule has 86 valence electrons. The third kappa shape index (κ3) is 1.73. The maximum Gasteiger partial charge on any atom is 0.0463 e. The first kappa shape index (κ1) is 10.1. The third-order valence-corrected chi connectivity index (χ3v) is 2.51. The summed E-state index contributed by atoms with van der Waals surface area (Å²) in [6.45, 7) is 0. The molecule has 0 unspecified atom stereocenters. The van der Waals surface area contributed by atoms with E-state index in [1.54, 1.807) is 29.1 Å². The maximum atomic E-state index is 11.7. The van der Waals surface area contributed by atoms with Crippen LogP contribution in [0.1, 0.15) is 0 Å². The lowest BCUT2D eigenvalue weighted by molar-refractivity contribution is 1.01. The second kappa shape index (κ2) is 3.76. The molecule has 1 aliphatic rings. The van der Waals surface area contributed by atoms with E-state index < -0.39 is 0 Å². The van der Waals surface area contributed by atoms with E-state index in [0.29, 0.717) is 21.6 Å². The Balaban J connectivity index is 2.03. The van der Waals surface area contributed by atoms with Gasteiger partial charge in [0.1, 0.15) is 0 Å². The molecule has 0 spiro atoms. The topological polar surface area (TPSA) is 70.6 Å². The summed E-state index contributed by atoms with van der Waals surface area (Å²) in [7, 11) is 0. The van der Waals surface area contributed by atoms with Crippen LogP contribution < -0.4 is 5.17 Å². The lowest BCUT2D eigenvalue weighted by Crippen LogP contribution is -2.20. The number of benzene rings is 1. The Morgan fingerprint density at radius 2 is 2.24 bits per heavy atom. The number of hydrazone groups is 1. The van der Waals surface area contributed by atoms with Crippen LogP contribution in [-0.2, 0) is 0 Å². The molecule has 0 amide bonds. The van der Waals surface area contributed by atoms with Crippen molar-refractivity contribution in [1.82, 2.24) is 9.55 Å². The summed E-state index contributed by atoms with van der Waals surface area (Å²) in [5.41, 5.74) is 0.865. The van der Waals surface area contributed by atoms with Crippen molar-refractivity contribution in [2.24, 2.45) is 5.10 Å². The van der Waals surface area contributed by atoms with Gasteiger partial charge in [0.15, 0.2) is 0 Å². The van der Waals surface area contributed by atoms with Crippen LogP contribution in [-0.4, -0.2) is 15.5 Å². The molecule has 0 N–H and O–H groups in total. The van der Waals surface area contributed by atoms with Crippen molar-refractivity contribution >= 4 is 28.9 Å². The Morgan fingerprint density at radius 1 is 1.35 bits per heavy atom. The molecule has 2 heterocycles. The zero-order valence-corrected chi connectivity index (χ0v) is 9.24. The van der Waals surface area contributed by atoms with Gasteiger partial charge in [-0.25, -0.2) is 0 Å².